The predicted octanol–water partition coefficient (Wildman–Crippen LogP) is 2.22. The molecule has 0 aliphatic rings. The van der Waals surface area contributed by atoms with E-state index in [0.29, 0.717) is 0 Å². The van der Waals surface area contributed by atoms with Crippen LogP contribution < -0.4 is 5.73 Å². The number of aromatic nitrogens is 2. The van der Waals surface area contributed by atoms with Gasteiger partial charge in [0.2, 0.25) is 0 Å². The average molecular weight is 229 g/mol. The Morgan fingerprint density at radius 1 is 1.29 bits per heavy atom. The number of hydrogen-bond acceptors (Lipinski definition) is 2. The molecule has 2 aromatic rings. The molecular weight excluding hydrogens is 210 g/mol. The maximum absolute atomic E-state index is 6.19. The number of nitrogens with zero attached hydrogens (tertiary/aromatic N) is 2. The van der Waals surface area contributed by atoms with E-state index >= 15 is 0 Å². The van der Waals surface area contributed by atoms with Crippen molar-refractivity contribution in [2.75, 3.05) is 0 Å². The number of hydrogen-bond donors (Lipinski definition) is 1. The summed E-state index contributed by atoms with van der Waals surface area (Å²) >= 11 is 0. The fourth-order valence-corrected chi connectivity index (χ4v) is 1.91. The Morgan fingerprint density at radius 3 is 2.53 bits per heavy atom. The first-order valence-electron chi connectivity index (χ1n) is 6.01. The quantitative estimate of drug-likeness (QED) is 0.873. The highest BCUT2D eigenvalue weighted by Gasteiger charge is 2.09. The molecule has 1 aromatic carbocycles. The largest absolute Gasteiger partial charge is 0.338 e. The molecule has 1 heterocycles. The molecule has 0 saturated heterocycles. The zero-order valence-electron chi connectivity index (χ0n) is 10.4. The van der Waals surface area contributed by atoms with Crippen LogP contribution in [0.25, 0.3) is 0 Å². The maximum Gasteiger partial charge on any atom is 0.110 e. The van der Waals surface area contributed by atoms with Crippen LogP contribution in [0.2, 0.25) is 0 Å². The van der Waals surface area contributed by atoms with E-state index in [4.69, 9.17) is 5.73 Å². The van der Waals surface area contributed by atoms with E-state index in [0.717, 1.165) is 18.7 Å². The number of imidazole rings is 1. The molecule has 1 unspecified atom stereocenters. The minimum atomic E-state index is 0.0157. The Bertz CT molecular complexity index is 470. The minimum absolute atomic E-state index is 0.0157. The summed E-state index contributed by atoms with van der Waals surface area (Å²) < 4.78 is 2.01. The number of benzene rings is 1. The number of rotatable bonds is 4. The summed E-state index contributed by atoms with van der Waals surface area (Å²) in [5.41, 5.74) is 8.71. The van der Waals surface area contributed by atoms with Gasteiger partial charge >= 0.3 is 0 Å². The third kappa shape index (κ3) is 2.74. The lowest BCUT2D eigenvalue weighted by atomic mass is 10.0. The van der Waals surface area contributed by atoms with Crippen LogP contribution >= 0.6 is 0 Å². The van der Waals surface area contributed by atoms with E-state index in [2.05, 4.69) is 36.2 Å². The van der Waals surface area contributed by atoms with Crippen molar-refractivity contribution >= 4 is 0 Å². The summed E-state index contributed by atoms with van der Waals surface area (Å²) in [6.07, 6.45) is 5.59. The molecule has 0 spiro atoms. The molecule has 0 radical (unpaired) electrons. The maximum atomic E-state index is 6.19. The fraction of sp³-hybridized carbons (Fsp3) is 0.357. The highest BCUT2D eigenvalue weighted by molar-refractivity contribution is 5.25. The Hall–Kier alpha value is -1.61. The zero-order chi connectivity index (χ0) is 12.3. The first kappa shape index (κ1) is 11.9. The summed E-state index contributed by atoms with van der Waals surface area (Å²) in [6.45, 7) is 2.16. The monoisotopic (exact) mass is 229 g/mol. The van der Waals surface area contributed by atoms with Gasteiger partial charge in [-0.2, -0.15) is 0 Å². The van der Waals surface area contributed by atoms with Crippen LogP contribution in [-0.2, 0) is 19.9 Å². The van der Waals surface area contributed by atoms with Gasteiger partial charge in [0, 0.05) is 31.9 Å². The summed E-state index contributed by atoms with van der Waals surface area (Å²) in [4.78, 5) is 4.30. The first-order valence-corrected chi connectivity index (χ1v) is 6.01. The van der Waals surface area contributed by atoms with Crippen molar-refractivity contribution in [3.8, 4) is 0 Å². The highest BCUT2D eigenvalue weighted by Crippen LogP contribution is 2.16. The van der Waals surface area contributed by atoms with Crippen LogP contribution in [0.15, 0.2) is 36.7 Å². The van der Waals surface area contributed by atoms with Crippen molar-refractivity contribution in [1.82, 2.24) is 9.55 Å². The molecule has 2 N–H and O–H groups in total. The van der Waals surface area contributed by atoms with Gasteiger partial charge in [-0.15, -0.1) is 0 Å². The second-order valence-electron chi connectivity index (χ2n) is 4.36. The molecule has 0 amide bonds. The van der Waals surface area contributed by atoms with Crippen molar-refractivity contribution < 1.29 is 0 Å². The van der Waals surface area contributed by atoms with E-state index in [1.807, 2.05) is 24.0 Å². The lowest BCUT2D eigenvalue weighted by Crippen LogP contribution is -2.15. The van der Waals surface area contributed by atoms with Crippen molar-refractivity contribution in [3.05, 3.63) is 53.6 Å². The molecule has 1 aromatic heterocycles. The van der Waals surface area contributed by atoms with Crippen LogP contribution in [0.1, 0.15) is 29.9 Å². The van der Waals surface area contributed by atoms with Crippen LogP contribution in [0.5, 0.6) is 0 Å². The van der Waals surface area contributed by atoms with Crippen molar-refractivity contribution in [2.45, 2.75) is 25.8 Å². The molecule has 2 rings (SSSR count). The SMILES string of the molecule is CCc1ccc(C(N)Cc2nccn2C)cc1. The predicted molar refractivity (Wildman–Crippen MR) is 69.7 cm³/mol. The molecule has 1 atom stereocenters. The minimum Gasteiger partial charge on any atom is -0.338 e. The zero-order valence-corrected chi connectivity index (χ0v) is 10.4. The van der Waals surface area contributed by atoms with Crippen molar-refractivity contribution in [1.29, 1.82) is 0 Å². The summed E-state index contributed by atoms with van der Waals surface area (Å²) in [5, 5.41) is 0. The van der Waals surface area contributed by atoms with Gasteiger partial charge in [-0.05, 0) is 17.5 Å². The molecule has 90 valence electrons. The van der Waals surface area contributed by atoms with Crippen LogP contribution in [0.4, 0.5) is 0 Å². The van der Waals surface area contributed by atoms with Gasteiger partial charge in [-0.1, -0.05) is 31.2 Å². The van der Waals surface area contributed by atoms with E-state index in [9.17, 15) is 0 Å². The third-order valence-electron chi connectivity index (χ3n) is 3.14. The molecular formula is C14H19N3. The summed E-state index contributed by atoms with van der Waals surface area (Å²) in [6, 6.07) is 8.54. The number of aryl methyl sites for hydroxylation is 2. The van der Waals surface area contributed by atoms with E-state index in [-0.39, 0.29) is 6.04 Å². The molecule has 3 nitrogen and oxygen atoms in total. The van der Waals surface area contributed by atoms with Crippen LogP contribution in [0, 0.1) is 0 Å². The first-order chi connectivity index (χ1) is 8.20. The normalized spacial score (nSPS) is 12.6. The second-order valence-corrected chi connectivity index (χ2v) is 4.36. The summed E-state index contributed by atoms with van der Waals surface area (Å²) in [7, 11) is 2.00. The van der Waals surface area contributed by atoms with Crippen molar-refractivity contribution in [3.63, 3.8) is 0 Å². The third-order valence-corrected chi connectivity index (χ3v) is 3.14. The van der Waals surface area contributed by atoms with Crippen LogP contribution in [0.3, 0.4) is 0 Å². The Labute approximate surface area is 102 Å². The van der Waals surface area contributed by atoms with E-state index < -0.39 is 0 Å². The van der Waals surface area contributed by atoms with E-state index in [1.54, 1.807) is 0 Å². The topological polar surface area (TPSA) is 43.8 Å². The molecule has 0 aliphatic carbocycles. The molecule has 0 bridgehead atoms. The average Bonchev–Trinajstić information content (AvgIpc) is 2.75. The van der Waals surface area contributed by atoms with Gasteiger partial charge in [0.25, 0.3) is 0 Å². The Kier molecular flexibility index (Phi) is 3.59. The Balaban J connectivity index is 2.09. The molecule has 0 saturated carbocycles. The van der Waals surface area contributed by atoms with Gasteiger partial charge in [0.1, 0.15) is 5.82 Å². The molecule has 0 fully saturated rings. The van der Waals surface area contributed by atoms with Gasteiger partial charge in [-0.25, -0.2) is 4.98 Å². The molecule has 17 heavy (non-hydrogen) atoms. The van der Waals surface area contributed by atoms with Gasteiger partial charge < -0.3 is 10.3 Å². The van der Waals surface area contributed by atoms with Crippen molar-refractivity contribution in [2.24, 2.45) is 12.8 Å². The smallest absolute Gasteiger partial charge is 0.110 e. The van der Waals surface area contributed by atoms with E-state index in [1.165, 1.54) is 11.1 Å². The number of nitrogens with two attached hydrogens (primary N) is 1. The highest BCUT2D eigenvalue weighted by atomic mass is 15.0. The second kappa shape index (κ2) is 5.15. The van der Waals surface area contributed by atoms with Gasteiger partial charge in [0.15, 0.2) is 0 Å². The fourth-order valence-electron chi connectivity index (χ4n) is 1.91. The Morgan fingerprint density at radius 2 is 2.00 bits per heavy atom. The van der Waals surface area contributed by atoms with Gasteiger partial charge in [0.05, 0.1) is 0 Å². The van der Waals surface area contributed by atoms with Crippen LogP contribution in [-0.4, -0.2) is 9.55 Å². The summed E-state index contributed by atoms with van der Waals surface area (Å²) in [5.74, 6) is 1.03. The lowest BCUT2D eigenvalue weighted by molar-refractivity contribution is 0.659. The lowest BCUT2D eigenvalue weighted by Gasteiger charge is -2.12. The molecule has 3 heteroatoms. The van der Waals surface area contributed by atoms with Gasteiger partial charge in [-0.3, -0.25) is 0 Å². The molecule has 0 aliphatic heterocycles. The standard InChI is InChI=1S/C14H19N3/c1-3-11-4-6-12(7-5-11)13(15)10-14-16-8-9-17(14)2/h4-9,13H,3,10,15H2,1-2H3.